The maximum absolute atomic E-state index is 13.5. The number of carbonyl (C=O) groups excluding carboxylic acids is 4. The Balaban J connectivity index is -0.00000468. The van der Waals surface area contributed by atoms with Crippen LogP contribution in [0.2, 0.25) is 0 Å². The van der Waals surface area contributed by atoms with Crippen LogP contribution >= 0.6 is 37.2 Å². The summed E-state index contributed by atoms with van der Waals surface area (Å²) >= 11 is 0. The van der Waals surface area contributed by atoms with E-state index in [1.807, 2.05) is 0 Å². The van der Waals surface area contributed by atoms with Gasteiger partial charge in [-0.05, 0) is 44.9 Å². The summed E-state index contributed by atoms with van der Waals surface area (Å²) in [4.78, 5) is 57.7. The van der Waals surface area contributed by atoms with Crippen molar-refractivity contribution >= 4 is 66.7 Å². The molecule has 0 aliphatic heterocycles. The summed E-state index contributed by atoms with van der Waals surface area (Å²) in [6, 6.07) is -3.55. The van der Waals surface area contributed by atoms with Crippen molar-refractivity contribution in [2.24, 2.45) is 33.7 Å². The van der Waals surface area contributed by atoms with E-state index in [4.69, 9.17) is 28.7 Å². The van der Waals surface area contributed by atoms with Gasteiger partial charge in [-0.25, -0.2) is 4.90 Å². The molecule has 3 atom stereocenters. The van der Waals surface area contributed by atoms with Crippen LogP contribution in [0.3, 0.4) is 0 Å². The fraction of sp³-hybridized carbons (Fsp3) is 0.837. The van der Waals surface area contributed by atoms with E-state index in [-0.39, 0.29) is 69.0 Å². The van der Waals surface area contributed by atoms with Gasteiger partial charge in [-0.3, -0.25) is 24.2 Å². The third-order valence-electron chi connectivity index (χ3n) is 10.2. The van der Waals surface area contributed by atoms with Crippen LogP contribution in [0.1, 0.15) is 206 Å². The summed E-state index contributed by atoms with van der Waals surface area (Å²) in [6.45, 7) is 4.72. The molecule has 57 heavy (non-hydrogen) atoms. The van der Waals surface area contributed by atoms with Crippen molar-refractivity contribution in [1.29, 1.82) is 0 Å². The molecule has 0 aliphatic rings. The number of allylic oxidation sites excluding steroid dienone is 2. The van der Waals surface area contributed by atoms with Gasteiger partial charge in [-0.2, -0.15) is 0 Å². The highest BCUT2D eigenvalue weighted by molar-refractivity contribution is 6.13. The van der Waals surface area contributed by atoms with Gasteiger partial charge in [0.1, 0.15) is 6.04 Å². The number of nitrogens with zero attached hydrogens (tertiary/aromatic N) is 2. The first-order valence-electron chi connectivity index (χ1n) is 22.0. The molecule has 0 radical (unpaired) electrons. The lowest BCUT2D eigenvalue weighted by atomic mass is 9.97. The third-order valence-corrected chi connectivity index (χ3v) is 10.2. The largest absolute Gasteiger partial charge is 0.370 e. The maximum atomic E-state index is 13.5. The standard InChI is InChI=1S/C43H83N7O4.3ClH/c1-3-5-7-9-11-13-15-17-18-20-22-24-26-28-30-32-39(53)50(38(52)31-29-27-25-23-21-19-16-14-12-10-8-6-4-2)42(54)41(46)40(45)37(51)35-36(44)33-34-49-43(47)48;;;/h17-18,36,40-41H,3-16,19-35,44-46H2,1-2H3,(H4,47,48,49);3*1H/b18-17-;;;/t36-,40?,41?;;;/m0.../s1. The van der Waals surface area contributed by atoms with Crippen LogP contribution in [0.5, 0.6) is 0 Å². The van der Waals surface area contributed by atoms with Crippen molar-refractivity contribution in [3.05, 3.63) is 12.2 Å². The molecule has 0 rings (SSSR count). The number of rotatable bonds is 37. The van der Waals surface area contributed by atoms with Gasteiger partial charge < -0.3 is 28.7 Å². The topological polar surface area (TPSA) is 214 Å². The zero-order chi connectivity index (χ0) is 40.2. The lowest BCUT2D eigenvalue weighted by Crippen LogP contribution is -2.59. The van der Waals surface area contributed by atoms with Crippen LogP contribution < -0.4 is 28.7 Å². The summed E-state index contributed by atoms with van der Waals surface area (Å²) in [5.74, 6) is -2.69. The molecule has 10 N–H and O–H groups in total. The van der Waals surface area contributed by atoms with Crippen LogP contribution in [0.4, 0.5) is 0 Å². The number of hydrogen-bond donors (Lipinski definition) is 5. The molecule has 2 unspecified atom stereocenters. The zero-order valence-electron chi connectivity index (χ0n) is 35.9. The van der Waals surface area contributed by atoms with E-state index >= 15 is 0 Å². The van der Waals surface area contributed by atoms with Gasteiger partial charge in [0, 0.05) is 31.8 Å². The highest BCUT2D eigenvalue weighted by atomic mass is 35.5. The van der Waals surface area contributed by atoms with Crippen molar-refractivity contribution in [1.82, 2.24) is 4.90 Å². The molecule has 14 heteroatoms. The molecule has 0 aliphatic carbocycles. The van der Waals surface area contributed by atoms with Crippen LogP contribution in [0.25, 0.3) is 0 Å². The van der Waals surface area contributed by atoms with E-state index in [2.05, 4.69) is 31.0 Å². The monoisotopic (exact) mass is 870 g/mol. The van der Waals surface area contributed by atoms with E-state index in [0.717, 1.165) is 57.8 Å². The minimum atomic E-state index is -1.55. The Hall–Kier alpha value is -1.76. The fourth-order valence-corrected chi connectivity index (χ4v) is 6.61. The number of imide groups is 3. The number of ketones is 1. The van der Waals surface area contributed by atoms with Gasteiger partial charge in [-0.1, -0.05) is 154 Å². The van der Waals surface area contributed by atoms with Gasteiger partial charge >= 0.3 is 0 Å². The van der Waals surface area contributed by atoms with Gasteiger partial charge in [0.25, 0.3) is 5.91 Å². The molecule has 0 aromatic heterocycles. The normalized spacial score (nSPS) is 12.4. The quantitative estimate of drug-likeness (QED) is 0.0174. The Morgan fingerprint density at radius 2 is 0.877 bits per heavy atom. The first-order chi connectivity index (χ1) is 26.1. The van der Waals surface area contributed by atoms with Gasteiger partial charge in [0.05, 0.1) is 6.04 Å². The van der Waals surface area contributed by atoms with Crippen molar-refractivity contribution in [2.75, 3.05) is 6.54 Å². The molecule has 3 amide bonds. The molecule has 11 nitrogen and oxygen atoms in total. The average Bonchev–Trinajstić information content (AvgIpc) is 3.14. The van der Waals surface area contributed by atoms with Gasteiger partial charge in [-0.15, -0.1) is 37.2 Å². The number of carbonyl (C=O) groups is 4. The molecule has 0 saturated carbocycles. The smallest absolute Gasteiger partial charge is 0.255 e. The number of Topliss-reactive ketones (excluding diaryl/α,β-unsaturated/α-hetero) is 1. The Morgan fingerprint density at radius 1 is 0.526 bits per heavy atom. The molecule has 0 heterocycles. The lowest BCUT2D eigenvalue weighted by Gasteiger charge is -2.26. The van der Waals surface area contributed by atoms with E-state index in [0.29, 0.717) is 24.2 Å². The second-order valence-corrected chi connectivity index (χ2v) is 15.4. The van der Waals surface area contributed by atoms with Crippen LogP contribution in [-0.2, 0) is 19.2 Å². The molecule has 0 spiro atoms. The first-order valence-corrected chi connectivity index (χ1v) is 22.0. The second-order valence-electron chi connectivity index (χ2n) is 15.4. The van der Waals surface area contributed by atoms with Crippen LogP contribution in [0.15, 0.2) is 17.1 Å². The minimum absolute atomic E-state index is 0. The number of halogens is 3. The molecular formula is C43H86Cl3N7O4. The zero-order valence-corrected chi connectivity index (χ0v) is 38.4. The molecule has 0 aromatic carbocycles. The van der Waals surface area contributed by atoms with Crippen molar-refractivity contribution < 1.29 is 19.2 Å². The summed E-state index contributed by atoms with van der Waals surface area (Å²) in [5, 5.41) is 0. The van der Waals surface area contributed by atoms with E-state index < -0.39 is 41.6 Å². The Kier molecular flexibility index (Phi) is 47.6. The predicted molar refractivity (Wildman–Crippen MR) is 247 cm³/mol. The number of guanidine groups is 1. The molecule has 338 valence electrons. The summed E-state index contributed by atoms with van der Waals surface area (Å²) in [6.07, 6.45) is 34.6. The lowest BCUT2D eigenvalue weighted by molar-refractivity contribution is -0.155. The van der Waals surface area contributed by atoms with E-state index in [1.54, 1.807) is 0 Å². The Bertz CT molecular complexity index is 1050. The number of nitrogens with two attached hydrogens (primary N) is 5. The molecule has 0 saturated heterocycles. The second kappa shape index (κ2) is 43.8. The number of hydrogen-bond acceptors (Lipinski definition) is 8. The first kappa shape index (κ1) is 61.9. The molecule has 0 bridgehead atoms. The van der Waals surface area contributed by atoms with Crippen LogP contribution in [-0.4, -0.2) is 59.0 Å². The molecule has 0 fully saturated rings. The number of aliphatic imine (C=N–C) groups is 1. The van der Waals surface area contributed by atoms with Crippen molar-refractivity contribution in [2.45, 2.75) is 225 Å². The predicted octanol–water partition coefficient (Wildman–Crippen LogP) is 9.26. The van der Waals surface area contributed by atoms with Crippen molar-refractivity contribution in [3.8, 4) is 0 Å². The summed E-state index contributed by atoms with van der Waals surface area (Å²) in [7, 11) is 0. The fourth-order valence-electron chi connectivity index (χ4n) is 6.61. The Morgan fingerprint density at radius 3 is 1.25 bits per heavy atom. The van der Waals surface area contributed by atoms with E-state index in [9.17, 15) is 19.2 Å². The van der Waals surface area contributed by atoms with Gasteiger partial charge in [0.2, 0.25) is 11.8 Å². The highest BCUT2D eigenvalue weighted by Crippen LogP contribution is 2.16. The molecule has 0 aromatic rings. The highest BCUT2D eigenvalue weighted by Gasteiger charge is 2.36. The molecular weight excluding hydrogens is 785 g/mol. The summed E-state index contributed by atoms with van der Waals surface area (Å²) < 4.78 is 0. The maximum Gasteiger partial charge on any atom is 0.255 e. The average molecular weight is 872 g/mol. The minimum Gasteiger partial charge on any atom is -0.370 e. The number of unbranched alkanes of at least 4 members (excludes halogenated alkanes) is 23. The summed E-state index contributed by atoms with van der Waals surface area (Å²) in [5.41, 5.74) is 29.0. The van der Waals surface area contributed by atoms with Crippen LogP contribution in [0, 0.1) is 0 Å². The third kappa shape index (κ3) is 35.9. The van der Waals surface area contributed by atoms with E-state index in [1.165, 1.54) is 96.3 Å². The van der Waals surface area contributed by atoms with Gasteiger partial charge in [0.15, 0.2) is 11.7 Å². The number of amides is 3. The Labute approximate surface area is 366 Å². The van der Waals surface area contributed by atoms with Crippen molar-refractivity contribution in [3.63, 3.8) is 0 Å². The SMILES string of the molecule is CCCCCCCC/C=C\CCCCCCCC(=O)N(C(=O)CCCCCCCCCCCCCCC)C(=O)C(N)C(N)C(=O)C[C@@H](N)CCN=C(N)N.Cl.Cl.Cl.